The quantitative estimate of drug-likeness (QED) is 0.847. The third-order valence-corrected chi connectivity index (χ3v) is 3.88. The van der Waals surface area contributed by atoms with Crippen LogP contribution in [0, 0.1) is 0 Å². The predicted molar refractivity (Wildman–Crippen MR) is 76.2 cm³/mol. The van der Waals surface area contributed by atoms with Crippen LogP contribution in [-0.4, -0.2) is 18.0 Å². The summed E-state index contributed by atoms with van der Waals surface area (Å²) >= 11 is 5.15. The average molecular weight is 319 g/mol. The molecule has 0 aliphatic rings. The molecule has 0 spiro atoms. The molecule has 0 aliphatic carbocycles. The largest absolute Gasteiger partial charge is 0.354 e. The Balaban J connectivity index is 2.16. The number of aryl methyl sites for hydroxylation is 1. The van der Waals surface area contributed by atoms with E-state index in [0.717, 1.165) is 16.6 Å². The summed E-state index contributed by atoms with van der Waals surface area (Å²) in [6.45, 7) is 4.32. The maximum atomic E-state index is 11.5. The molecule has 1 aromatic heterocycles. The summed E-state index contributed by atoms with van der Waals surface area (Å²) in [5, 5.41) is 2.84. The summed E-state index contributed by atoms with van der Waals surface area (Å²) in [6.07, 6.45) is 2.39. The first kappa shape index (κ1) is 14.7. The molecule has 5 heteroatoms. The van der Waals surface area contributed by atoms with Crippen molar-refractivity contribution in [3.05, 3.63) is 20.8 Å². The summed E-state index contributed by atoms with van der Waals surface area (Å²) in [5.74, 6) is 0.0825. The van der Waals surface area contributed by atoms with Gasteiger partial charge in [-0.2, -0.15) is 0 Å². The van der Waals surface area contributed by atoms with Gasteiger partial charge in [0.15, 0.2) is 0 Å². The zero-order valence-electron chi connectivity index (χ0n) is 10.3. The van der Waals surface area contributed by atoms with Crippen molar-refractivity contribution in [1.82, 2.24) is 5.32 Å². The highest BCUT2D eigenvalue weighted by Gasteiger charge is 2.11. The van der Waals surface area contributed by atoms with Gasteiger partial charge in [-0.15, -0.1) is 11.3 Å². The van der Waals surface area contributed by atoms with E-state index in [1.54, 1.807) is 11.3 Å². The van der Waals surface area contributed by atoms with Gasteiger partial charge in [-0.05, 0) is 54.8 Å². The van der Waals surface area contributed by atoms with Gasteiger partial charge in [0, 0.05) is 23.4 Å². The number of hydrogen-bond acceptors (Lipinski definition) is 3. The van der Waals surface area contributed by atoms with E-state index < -0.39 is 0 Å². The van der Waals surface area contributed by atoms with Crippen LogP contribution >= 0.6 is 27.3 Å². The van der Waals surface area contributed by atoms with E-state index >= 15 is 0 Å². The van der Waals surface area contributed by atoms with Gasteiger partial charge in [0.05, 0.1) is 3.79 Å². The van der Waals surface area contributed by atoms with Gasteiger partial charge in [0.2, 0.25) is 5.91 Å². The van der Waals surface area contributed by atoms with Crippen LogP contribution in [0.4, 0.5) is 0 Å². The van der Waals surface area contributed by atoms with Gasteiger partial charge in [-0.3, -0.25) is 4.79 Å². The number of nitrogens with one attached hydrogen (secondary N) is 1. The SMILES string of the molecule is CC(C)(N)CNC(=O)CCCc1ccc(Br)s1. The zero-order valence-corrected chi connectivity index (χ0v) is 12.7. The molecule has 3 N–H and O–H groups in total. The zero-order chi connectivity index (χ0) is 12.9. The molecule has 0 unspecified atom stereocenters. The first-order valence-electron chi connectivity index (χ1n) is 5.66. The van der Waals surface area contributed by atoms with Crippen molar-refractivity contribution in [3.8, 4) is 0 Å². The minimum atomic E-state index is -0.339. The Kier molecular flexibility index (Phi) is 5.62. The van der Waals surface area contributed by atoms with Gasteiger partial charge in [-0.1, -0.05) is 0 Å². The molecule has 0 aromatic carbocycles. The van der Waals surface area contributed by atoms with Crippen molar-refractivity contribution in [2.75, 3.05) is 6.54 Å². The molecule has 0 fully saturated rings. The number of carbonyl (C=O) groups excluding carboxylic acids is 1. The molecule has 0 saturated carbocycles. The Morgan fingerprint density at radius 2 is 2.24 bits per heavy atom. The fourth-order valence-electron chi connectivity index (χ4n) is 1.32. The molecule has 1 amide bonds. The van der Waals surface area contributed by atoms with E-state index in [-0.39, 0.29) is 11.4 Å². The van der Waals surface area contributed by atoms with Crippen LogP contribution in [0.15, 0.2) is 15.9 Å². The third-order valence-electron chi connectivity index (χ3n) is 2.20. The van der Waals surface area contributed by atoms with Crippen LogP contribution in [0.1, 0.15) is 31.6 Å². The molecule has 17 heavy (non-hydrogen) atoms. The summed E-state index contributed by atoms with van der Waals surface area (Å²) < 4.78 is 1.14. The van der Waals surface area contributed by atoms with Crippen LogP contribution < -0.4 is 11.1 Å². The maximum absolute atomic E-state index is 11.5. The monoisotopic (exact) mass is 318 g/mol. The summed E-state index contributed by atoms with van der Waals surface area (Å²) in [7, 11) is 0. The molecule has 0 bridgehead atoms. The van der Waals surface area contributed by atoms with Crippen molar-refractivity contribution in [3.63, 3.8) is 0 Å². The average Bonchev–Trinajstić information content (AvgIpc) is 2.60. The second-order valence-corrected chi connectivity index (χ2v) is 7.37. The van der Waals surface area contributed by atoms with E-state index in [4.69, 9.17) is 5.73 Å². The number of amides is 1. The van der Waals surface area contributed by atoms with Crippen molar-refractivity contribution < 1.29 is 4.79 Å². The van der Waals surface area contributed by atoms with Crippen molar-refractivity contribution in [2.24, 2.45) is 5.73 Å². The van der Waals surface area contributed by atoms with Crippen LogP contribution in [0.2, 0.25) is 0 Å². The highest BCUT2D eigenvalue weighted by molar-refractivity contribution is 9.11. The lowest BCUT2D eigenvalue weighted by Crippen LogP contribution is -2.45. The Hall–Kier alpha value is -0.390. The summed E-state index contributed by atoms with van der Waals surface area (Å²) in [4.78, 5) is 12.8. The number of nitrogens with two attached hydrogens (primary N) is 1. The molecular formula is C12H19BrN2OS. The van der Waals surface area contributed by atoms with E-state index in [1.165, 1.54) is 4.88 Å². The topological polar surface area (TPSA) is 55.1 Å². The third kappa shape index (κ3) is 6.81. The number of carbonyl (C=O) groups is 1. The second-order valence-electron chi connectivity index (χ2n) is 4.82. The fraction of sp³-hybridized carbons (Fsp3) is 0.583. The van der Waals surface area contributed by atoms with Crippen LogP contribution in [0.3, 0.4) is 0 Å². The molecule has 1 rings (SSSR count). The molecule has 1 heterocycles. The Morgan fingerprint density at radius 3 is 2.76 bits per heavy atom. The highest BCUT2D eigenvalue weighted by Crippen LogP contribution is 2.23. The van der Waals surface area contributed by atoms with E-state index in [2.05, 4.69) is 27.3 Å². The molecule has 0 saturated heterocycles. The first-order chi connectivity index (χ1) is 7.87. The van der Waals surface area contributed by atoms with E-state index in [9.17, 15) is 4.79 Å². The summed E-state index contributed by atoms with van der Waals surface area (Å²) in [6, 6.07) is 4.13. The lowest BCUT2D eigenvalue weighted by molar-refractivity contribution is -0.121. The smallest absolute Gasteiger partial charge is 0.220 e. The Bertz CT molecular complexity index is 371. The number of halogens is 1. The van der Waals surface area contributed by atoms with Gasteiger partial charge < -0.3 is 11.1 Å². The molecular weight excluding hydrogens is 300 g/mol. The first-order valence-corrected chi connectivity index (χ1v) is 7.27. The van der Waals surface area contributed by atoms with Crippen molar-refractivity contribution in [2.45, 2.75) is 38.6 Å². The Morgan fingerprint density at radius 1 is 1.53 bits per heavy atom. The number of rotatable bonds is 6. The van der Waals surface area contributed by atoms with Crippen LogP contribution in [0.25, 0.3) is 0 Å². The van der Waals surface area contributed by atoms with Gasteiger partial charge in [-0.25, -0.2) is 0 Å². The molecule has 0 radical (unpaired) electrons. The normalized spacial score (nSPS) is 11.5. The number of hydrogen-bond donors (Lipinski definition) is 2. The van der Waals surface area contributed by atoms with Gasteiger partial charge in [0.25, 0.3) is 0 Å². The predicted octanol–water partition coefficient (Wildman–Crippen LogP) is 2.69. The number of thiophene rings is 1. The van der Waals surface area contributed by atoms with E-state index in [0.29, 0.717) is 13.0 Å². The minimum absolute atomic E-state index is 0.0825. The molecule has 1 aromatic rings. The van der Waals surface area contributed by atoms with Crippen molar-refractivity contribution in [1.29, 1.82) is 0 Å². The van der Waals surface area contributed by atoms with E-state index in [1.807, 2.05) is 19.9 Å². The lowest BCUT2D eigenvalue weighted by Gasteiger charge is -2.18. The van der Waals surface area contributed by atoms with Gasteiger partial charge in [0.1, 0.15) is 0 Å². The molecule has 3 nitrogen and oxygen atoms in total. The summed E-state index contributed by atoms with van der Waals surface area (Å²) in [5.41, 5.74) is 5.45. The molecule has 0 aliphatic heterocycles. The lowest BCUT2D eigenvalue weighted by atomic mass is 10.1. The highest BCUT2D eigenvalue weighted by atomic mass is 79.9. The van der Waals surface area contributed by atoms with Crippen LogP contribution in [0.5, 0.6) is 0 Å². The van der Waals surface area contributed by atoms with Crippen molar-refractivity contribution >= 4 is 33.2 Å². The maximum Gasteiger partial charge on any atom is 0.220 e. The van der Waals surface area contributed by atoms with Gasteiger partial charge >= 0.3 is 0 Å². The molecule has 96 valence electrons. The minimum Gasteiger partial charge on any atom is -0.354 e. The Labute approximate surface area is 115 Å². The second kappa shape index (κ2) is 6.52. The molecule has 0 atom stereocenters. The fourth-order valence-corrected chi connectivity index (χ4v) is 2.85. The van der Waals surface area contributed by atoms with Crippen LogP contribution in [-0.2, 0) is 11.2 Å². The standard InChI is InChI=1S/C12H19BrN2OS/c1-12(2,14)8-15-11(16)5-3-4-9-6-7-10(13)17-9/h6-7H,3-5,8,14H2,1-2H3,(H,15,16).